The zero-order valence-electron chi connectivity index (χ0n) is 21.2. The third-order valence-corrected chi connectivity index (χ3v) is 11.8. The third kappa shape index (κ3) is 4.06. The molecule has 4 bridgehead atoms. The lowest BCUT2D eigenvalue weighted by Crippen LogP contribution is -2.48. The first kappa shape index (κ1) is 21.5. The maximum absolute atomic E-state index is 5.31. The first-order valence-corrected chi connectivity index (χ1v) is 15.3. The highest BCUT2D eigenvalue weighted by atomic mass is 15.5. The quantitative estimate of drug-likeness (QED) is 0.439. The molecule has 8 aliphatic rings. The van der Waals surface area contributed by atoms with Gasteiger partial charge in [0.15, 0.2) is 5.96 Å². The van der Waals surface area contributed by atoms with Crippen LogP contribution in [0.1, 0.15) is 116 Å². The van der Waals surface area contributed by atoms with Crippen LogP contribution in [0.2, 0.25) is 0 Å². The van der Waals surface area contributed by atoms with Crippen molar-refractivity contribution in [3.8, 4) is 0 Å². The molecule has 3 nitrogen and oxygen atoms in total. The molecule has 0 amide bonds. The number of fused-ring (bicyclic) bond motifs is 1. The van der Waals surface area contributed by atoms with Crippen LogP contribution in [0.5, 0.6) is 0 Å². The van der Waals surface area contributed by atoms with E-state index in [1.807, 2.05) is 0 Å². The van der Waals surface area contributed by atoms with Crippen molar-refractivity contribution < 1.29 is 0 Å². The summed E-state index contributed by atoms with van der Waals surface area (Å²) < 4.78 is 0. The molecule has 7 fully saturated rings. The predicted octanol–water partition coefficient (Wildman–Crippen LogP) is 6.87. The number of aliphatic imine (C=N–C) groups is 1. The largest absolute Gasteiger partial charge is 0.338 e. The van der Waals surface area contributed by atoms with Gasteiger partial charge >= 0.3 is 0 Å². The molecule has 0 aromatic heterocycles. The molecule has 1 saturated heterocycles. The summed E-state index contributed by atoms with van der Waals surface area (Å²) in [5.41, 5.74) is 0.708. The topological polar surface area (TPSA) is 18.8 Å². The van der Waals surface area contributed by atoms with Crippen molar-refractivity contribution in [3.05, 3.63) is 0 Å². The second-order valence-corrected chi connectivity index (χ2v) is 14.0. The smallest absolute Gasteiger partial charge is 0.197 e. The number of hydrogen-bond donors (Lipinski definition) is 0. The molecule has 6 aliphatic carbocycles. The van der Waals surface area contributed by atoms with Gasteiger partial charge in [0.25, 0.3) is 0 Å². The Kier molecular flexibility index (Phi) is 5.70. The van der Waals surface area contributed by atoms with Crippen LogP contribution in [0, 0.1) is 35.0 Å². The SMILES string of the molecule is C1CCC(C[C@H]2CN3C(=NC[C@@H]3C3CCCCC3)N2CCC23CC4CC(CC(C4)C2)C3)CC1. The molecule has 6 saturated carbocycles. The Morgan fingerprint density at radius 2 is 1.42 bits per heavy atom. The first-order chi connectivity index (χ1) is 16.2. The van der Waals surface area contributed by atoms with E-state index >= 15 is 0 Å². The van der Waals surface area contributed by atoms with Gasteiger partial charge in [0, 0.05) is 19.1 Å². The van der Waals surface area contributed by atoms with Crippen molar-refractivity contribution in [2.24, 2.45) is 40.0 Å². The molecule has 184 valence electrons. The Balaban J connectivity index is 1.07. The van der Waals surface area contributed by atoms with Crippen LogP contribution in [0.4, 0.5) is 0 Å². The number of rotatable bonds is 6. The average Bonchev–Trinajstić information content (AvgIpc) is 3.37. The molecule has 0 N–H and O–H groups in total. The van der Waals surface area contributed by atoms with E-state index in [-0.39, 0.29) is 0 Å². The standard InChI is InChI=1S/C30H49N3/c1-3-7-22(8-4-1)16-27-21-33-28(26-9-5-2-6-10-26)20-31-29(33)32(27)12-11-30-17-23-13-24(18-30)15-25(14-23)19-30/h22-28H,1-21H2/t23?,24?,25?,27-,28+,30?/m0/s1. The molecule has 8 rings (SSSR count). The Labute approximate surface area is 203 Å². The normalized spacial score (nSPS) is 43.4. The molecular weight excluding hydrogens is 402 g/mol. The van der Waals surface area contributed by atoms with Gasteiger partial charge < -0.3 is 9.80 Å². The Hall–Kier alpha value is -0.730. The summed E-state index contributed by atoms with van der Waals surface area (Å²) in [5, 5.41) is 0. The van der Waals surface area contributed by atoms with Crippen molar-refractivity contribution in [3.63, 3.8) is 0 Å². The van der Waals surface area contributed by atoms with E-state index in [0.717, 1.165) is 48.2 Å². The second kappa shape index (κ2) is 8.74. The zero-order chi connectivity index (χ0) is 21.8. The predicted molar refractivity (Wildman–Crippen MR) is 136 cm³/mol. The lowest BCUT2D eigenvalue weighted by molar-refractivity contribution is -0.0597. The average molecular weight is 452 g/mol. The first-order valence-electron chi connectivity index (χ1n) is 15.3. The van der Waals surface area contributed by atoms with Crippen LogP contribution < -0.4 is 0 Å². The van der Waals surface area contributed by atoms with Crippen molar-refractivity contribution in [2.75, 3.05) is 19.6 Å². The van der Waals surface area contributed by atoms with E-state index in [4.69, 9.17) is 4.99 Å². The minimum Gasteiger partial charge on any atom is -0.338 e. The Morgan fingerprint density at radius 3 is 2.09 bits per heavy atom. The summed E-state index contributed by atoms with van der Waals surface area (Å²) in [7, 11) is 0. The van der Waals surface area contributed by atoms with E-state index in [0.29, 0.717) is 5.41 Å². The summed E-state index contributed by atoms with van der Waals surface area (Å²) in [4.78, 5) is 11.1. The minimum absolute atomic E-state index is 0.708. The maximum Gasteiger partial charge on any atom is 0.197 e. The second-order valence-electron chi connectivity index (χ2n) is 14.0. The molecule has 3 heteroatoms. The lowest BCUT2D eigenvalue weighted by atomic mass is 9.49. The third-order valence-electron chi connectivity index (χ3n) is 11.8. The minimum atomic E-state index is 0.708. The number of hydrogen-bond acceptors (Lipinski definition) is 3. The fraction of sp³-hybridized carbons (Fsp3) is 0.967. The Bertz CT molecular complexity index is 696. The van der Waals surface area contributed by atoms with Crippen LogP contribution in [-0.2, 0) is 0 Å². The van der Waals surface area contributed by atoms with Crippen molar-refractivity contribution in [1.29, 1.82) is 0 Å². The number of nitrogens with zero attached hydrogens (tertiary/aromatic N) is 3. The lowest BCUT2D eigenvalue weighted by Gasteiger charge is -2.57. The van der Waals surface area contributed by atoms with Gasteiger partial charge in [-0.1, -0.05) is 51.4 Å². The molecule has 0 spiro atoms. The summed E-state index contributed by atoms with van der Waals surface area (Å²) in [6.07, 6.45) is 27.2. The molecule has 2 atom stereocenters. The zero-order valence-corrected chi connectivity index (χ0v) is 21.2. The van der Waals surface area contributed by atoms with Crippen LogP contribution in [0.3, 0.4) is 0 Å². The molecular formula is C30H49N3. The van der Waals surface area contributed by atoms with Gasteiger partial charge in [-0.2, -0.15) is 0 Å². The van der Waals surface area contributed by atoms with Crippen LogP contribution in [0.25, 0.3) is 0 Å². The van der Waals surface area contributed by atoms with E-state index in [1.54, 1.807) is 38.5 Å². The van der Waals surface area contributed by atoms with Crippen molar-refractivity contribution in [1.82, 2.24) is 9.80 Å². The van der Waals surface area contributed by atoms with E-state index < -0.39 is 0 Å². The molecule has 2 aliphatic heterocycles. The van der Waals surface area contributed by atoms with Gasteiger partial charge in [0.05, 0.1) is 12.6 Å². The van der Waals surface area contributed by atoms with Gasteiger partial charge in [-0.15, -0.1) is 0 Å². The Morgan fingerprint density at radius 1 is 0.788 bits per heavy atom. The van der Waals surface area contributed by atoms with Crippen molar-refractivity contribution in [2.45, 2.75) is 128 Å². The van der Waals surface area contributed by atoms with Crippen LogP contribution in [-0.4, -0.2) is 47.5 Å². The number of guanidine groups is 1. The summed E-state index contributed by atoms with van der Waals surface area (Å²) in [5.74, 6) is 6.62. The van der Waals surface area contributed by atoms with Gasteiger partial charge in [0.1, 0.15) is 0 Å². The van der Waals surface area contributed by atoms with Gasteiger partial charge in [-0.3, -0.25) is 4.99 Å². The summed E-state index contributed by atoms with van der Waals surface area (Å²) in [6.45, 7) is 3.72. The van der Waals surface area contributed by atoms with Gasteiger partial charge in [0.2, 0.25) is 0 Å². The fourth-order valence-corrected chi connectivity index (χ4v) is 10.6. The van der Waals surface area contributed by atoms with Gasteiger partial charge in [-0.25, -0.2) is 0 Å². The van der Waals surface area contributed by atoms with E-state index in [1.165, 1.54) is 96.1 Å². The molecule has 0 aromatic rings. The van der Waals surface area contributed by atoms with Gasteiger partial charge in [-0.05, 0) is 99.2 Å². The molecule has 0 radical (unpaired) electrons. The van der Waals surface area contributed by atoms with Crippen LogP contribution in [0.15, 0.2) is 4.99 Å². The van der Waals surface area contributed by atoms with Crippen LogP contribution >= 0.6 is 0 Å². The molecule has 2 heterocycles. The highest BCUT2D eigenvalue weighted by Gasteiger charge is 2.52. The summed E-state index contributed by atoms with van der Waals surface area (Å²) >= 11 is 0. The molecule has 0 unspecified atom stereocenters. The van der Waals surface area contributed by atoms with E-state index in [2.05, 4.69) is 9.80 Å². The molecule has 33 heavy (non-hydrogen) atoms. The maximum atomic E-state index is 5.31. The monoisotopic (exact) mass is 451 g/mol. The summed E-state index contributed by atoms with van der Waals surface area (Å²) in [6, 6.07) is 1.49. The molecule has 0 aromatic carbocycles. The fourth-order valence-electron chi connectivity index (χ4n) is 10.6. The highest BCUT2D eigenvalue weighted by molar-refractivity contribution is 5.84. The van der Waals surface area contributed by atoms with Crippen molar-refractivity contribution >= 4 is 5.96 Å². The highest BCUT2D eigenvalue weighted by Crippen LogP contribution is 2.61. The van der Waals surface area contributed by atoms with E-state index in [9.17, 15) is 0 Å².